The van der Waals surface area contributed by atoms with E-state index in [1.54, 1.807) is 7.11 Å². The molecule has 2 aromatic rings. The van der Waals surface area contributed by atoms with Crippen molar-refractivity contribution in [3.05, 3.63) is 42.2 Å². The van der Waals surface area contributed by atoms with E-state index in [2.05, 4.69) is 11.1 Å². The maximum atomic E-state index is 5.54. The van der Waals surface area contributed by atoms with Gasteiger partial charge in [0.1, 0.15) is 5.75 Å². The molecule has 3 nitrogen and oxygen atoms in total. The third-order valence-corrected chi connectivity index (χ3v) is 2.37. The third kappa shape index (κ3) is 2.02. The van der Waals surface area contributed by atoms with Crippen LogP contribution in [0.3, 0.4) is 0 Å². The molecule has 78 valence electrons. The fourth-order valence-electron chi connectivity index (χ4n) is 1.53. The number of hydrogen-bond acceptors (Lipinski definition) is 2. The van der Waals surface area contributed by atoms with Crippen molar-refractivity contribution in [3.63, 3.8) is 0 Å². The van der Waals surface area contributed by atoms with Crippen LogP contribution in [0, 0.1) is 0 Å². The highest BCUT2D eigenvalue weighted by Gasteiger charge is 2.01. The number of ether oxygens (including phenoxy) is 1. The van der Waals surface area contributed by atoms with Gasteiger partial charge in [-0.05, 0) is 29.3 Å². The number of benzene rings is 1. The van der Waals surface area contributed by atoms with Crippen molar-refractivity contribution >= 4 is 0 Å². The summed E-state index contributed by atoms with van der Waals surface area (Å²) in [6.07, 6.45) is 1.96. The molecule has 0 aliphatic carbocycles. The zero-order chi connectivity index (χ0) is 10.7. The lowest BCUT2D eigenvalue weighted by molar-refractivity contribution is 0.415. The lowest BCUT2D eigenvalue weighted by Crippen LogP contribution is -1.94. The molecule has 3 N–H and O–H groups in total. The Morgan fingerprint density at radius 1 is 1.27 bits per heavy atom. The van der Waals surface area contributed by atoms with E-state index in [4.69, 9.17) is 10.5 Å². The molecule has 3 heteroatoms. The van der Waals surface area contributed by atoms with E-state index in [-0.39, 0.29) is 0 Å². The van der Waals surface area contributed by atoms with Crippen LogP contribution in [0.1, 0.15) is 5.69 Å². The summed E-state index contributed by atoms with van der Waals surface area (Å²) in [5, 5.41) is 0. The quantitative estimate of drug-likeness (QED) is 0.801. The van der Waals surface area contributed by atoms with Crippen molar-refractivity contribution in [1.82, 2.24) is 4.98 Å². The van der Waals surface area contributed by atoms with Crippen molar-refractivity contribution in [1.29, 1.82) is 0 Å². The summed E-state index contributed by atoms with van der Waals surface area (Å²) in [6, 6.07) is 10.0. The van der Waals surface area contributed by atoms with Crippen molar-refractivity contribution in [2.45, 2.75) is 6.54 Å². The van der Waals surface area contributed by atoms with Gasteiger partial charge in [0.15, 0.2) is 0 Å². The van der Waals surface area contributed by atoms with Gasteiger partial charge in [0, 0.05) is 18.4 Å². The first kappa shape index (κ1) is 9.80. The normalized spacial score (nSPS) is 10.3. The van der Waals surface area contributed by atoms with Crippen LogP contribution in [0.25, 0.3) is 11.1 Å². The van der Waals surface area contributed by atoms with E-state index in [0.717, 1.165) is 22.6 Å². The topological polar surface area (TPSA) is 51.0 Å². The van der Waals surface area contributed by atoms with Crippen LogP contribution in [0.5, 0.6) is 5.75 Å². The zero-order valence-electron chi connectivity index (χ0n) is 8.66. The summed E-state index contributed by atoms with van der Waals surface area (Å²) in [4.78, 5) is 3.13. The summed E-state index contributed by atoms with van der Waals surface area (Å²) in [5.74, 6) is 0.864. The molecule has 0 fully saturated rings. The Morgan fingerprint density at radius 2 is 2.13 bits per heavy atom. The molecule has 2 rings (SSSR count). The van der Waals surface area contributed by atoms with E-state index in [0.29, 0.717) is 6.54 Å². The summed E-state index contributed by atoms with van der Waals surface area (Å²) in [6.45, 7) is 0.532. The molecule has 0 saturated carbocycles. The number of nitrogens with two attached hydrogens (primary N) is 1. The van der Waals surface area contributed by atoms with Crippen LogP contribution >= 0.6 is 0 Å². The molecule has 1 aromatic carbocycles. The first-order valence-corrected chi connectivity index (χ1v) is 4.85. The number of aromatic nitrogens is 1. The van der Waals surface area contributed by atoms with Gasteiger partial charge in [0.2, 0.25) is 0 Å². The molecule has 0 amide bonds. The minimum absolute atomic E-state index is 0.532. The highest BCUT2D eigenvalue weighted by molar-refractivity contribution is 5.65. The van der Waals surface area contributed by atoms with Crippen LogP contribution in [-0.4, -0.2) is 12.1 Å². The number of methoxy groups -OCH3 is 1. The van der Waals surface area contributed by atoms with E-state index in [1.807, 2.05) is 30.5 Å². The van der Waals surface area contributed by atoms with Crippen molar-refractivity contribution < 1.29 is 4.74 Å². The molecular weight excluding hydrogens is 188 g/mol. The maximum Gasteiger partial charge on any atom is 0.119 e. The molecule has 0 aliphatic heterocycles. The van der Waals surface area contributed by atoms with Gasteiger partial charge >= 0.3 is 0 Å². The zero-order valence-corrected chi connectivity index (χ0v) is 8.66. The summed E-state index contributed by atoms with van der Waals surface area (Å²) in [5.41, 5.74) is 8.84. The monoisotopic (exact) mass is 202 g/mol. The Balaban J connectivity index is 2.35. The summed E-state index contributed by atoms with van der Waals surface area (Å²) in [7, 11) is 1.67. The van der Waals surface area contributed by atoms with Gasteiger partial charge in [-0.3, -0.25) is 0 Å². The molecule has 0 bridgehead atoms. The third-order valence-electron chi connectivity index (χ3n) is 2.37. The number of H-pyrrole nitrogens is 1. The Bertz CT molecular complexity index is 448. The van der Waals surface area contributed by atoms with Gasteiger partial charge in [-0.25, -0.2) is 0 Å². The van der Waals surface area contributed by atoms with E-state index < -0.39 is 0 Å². The Kier molecular flexibility index (Phi) is 2.74. The van der Waals surface area contributed by atoms with Crippen molar-refractivity contribution in [2.24, 2.45) is 5.73 Å². The average molecular weight is 202 g/mol. The predicted molar refractivity (Wildman–Crippen MR) is 60.7 cm³/mol. The Hall–Kier alpha value is -1.74. The first-order chi connectivity index (χ1) is 7.33. The van der Waals surface area contributed by atoms with Gasteiger partial charge in [0.05, 0.1) is 7.11 Å². The Labute approximate surface area is 88.9 Å². The molecule has 15 heavy (non-hydrogen) atoms. The lowest BCUT2D eigenvalue weighted by atomic mass is 10.1. The molecule has 1 heterocycles. The lowest BCUT2D eigenvalue weighted by Gasteiger charge is -2.01. The van der Waals surface area contributed by atoms with Gasteiger partial charge in [-0.15, -0.1) is 0 Å². The van der Waals surface area contributed by atoms with Gasteiger partial charge < -0.3 is 15.5 Å². The SMILES string of the molecule is COc1cccc(-c2c[nH]c(CN)c2)c1. The standard InChI is InChI=1S/C12H14N2O/c1-15-12-4-2-3-9(6-12)10-5-11(7-13)14-8-10/h2-6,8,14H,7,13H2,1H3. The van der Waals surface area contributed by atoms with Crippen molar-refractivity contribution in [2.75, 3.05) is 7.11 Å². The van der Waals surface area contributed by atoms with Gasteiger partial charge in [-0.2, -0.15) is 0 Å². The molecule has 0 atom stereocenters. The maximum absolute atomic E-state index is 5.54. The molecule has 0 saturated heterocycles. The number of aromatic amines is 1. The first-order valence-electron chi connectivity index (χ1n) is 4.85. The van der Waals surface area contributed by atoms with Crippen molar-refractivity contribution in [3.8, 4) is 16.9 Å². The van der Waals surface area contributed by atoms with Crippen LogP contribution in [-0.2, 0) is 6.54 Å². The van der Waals surface area contributed by atoms with Crippen LogP contribution < -0.4 is 10.5 Å². The van der Waals surface area contributed by atoms with E-state index in [9.17, 15) is 0 Å². The minimum atomic E-state index is 0.532. The van der Waals surface area contributed by atoms with Crippen LogP contribution in [0.15, 0.2) is 36.5 Å². The Morgan fingerprint density at radius 3 is 2.80 bits per heavy atom. The fraction of sp³-hybridized carbons (Fsp3) is 0.167. The smallest absolute Gasteiger partial charge is 0.119 e. The second kappa shape index (κ2) is 4.19. The molecule has 1 aromatic heterocycles. The molecule has 0 unspecified atom stereocenters. The molecule has 0 spiro atoms. The highest BCUT2D eigenvalue weighted by atomic mass is 16.5. The summed E-state index contributed by atoms with van der Waals surface area (Å²) >= 11 is 0. The van der Waals surface area contributed by atoms with Gasteiger partial charge in [0.25, 0.3) is 0 Å². The summed E-state index contributed by atoms with van der Waals surface area (Å²) < 4.78 is 5.17. The number of nitrogens with one attached hydrogen (secondary N) is 1. The van der Waals surface area contributed by atoms with E-state index in [1.165, 1.54) is 0 Å². The molecule has 0 radical (unpaired) electrons. The molecule has 0 aliphatic rings. The fourth-order valence-corrected chi connectivity index (χ4v) is 1.53. The number of hydrogen-bond donors (Lipinski definition) is 2. The largest absolute Gasteiger partial charge is 0.497 e. The predicted octanol–water partition coefficient (Wildman–Crippen LogP) is 2.15. The molecular formula is C12H14N2O. The average Bonchev–Trinajstić information content (AvgIpc) is 2.78. The van der Waals surface area contributed by atoms with E-state index >= 15 is 0 Å². The second-order valence-electron chi connectivity index (χ2n) is 3.35. The second-order valence-corrected chi connectivity index (χ2v) is 3.35. The van der Waals surface area contributed by atoms with Crippen LogP contribution in [0.2, 0.25) is 0 Å². The van der Waals surface area contributed by atoms with Gasteiger partial charge in [-0.1, -0.05) is 12.1 Å². The minimum Gasteiger partial charge on any atom is -0.497 e. The highest BCUT2D eigenvalue weighted by Crippen LogP contribution is 2.24. The van der Waals surface area contributed by atoms with Crippen LogP contribution in [0.4, 0.5) is 0 Å². The number of rotatable bonds is 3.